The van der Waals surface area contributed by atoms with E-state index in [4.69, 9.17) is 13.9 Å². The van der Waals surface area contributed by atoms with Crippen LogP contribution in [0.15, 0.2) is 0 Å². The molecule has 1 rings (SSSR count). The zero-order valence-corrected chi connectivity index (χ0v) is 56.8. The van der Waals surface area contributed by atoms with E-state index in [2.05, 4.69) is 116 Å². The van der Waals surface area contributed by atoms with Gasteiger partial charge in [0.05, 0.1) is 6.10 Å². The van der Waals surface area contributed by atoms with E-state index in [1.54, 1.807) is 0 Å². The number of hydrogen-bond acceptors (Lipinski definition) is 9. The molecule has 0 bridgehead atoms. The number of hydrogen-bond donors (Lipinski definition) is 0. The van der Waals surface area contributed by atoms with Gasteiger partial charge in [0.2, 0.25) is 0 Å². The number of carbonyl (C=O) groups excluding carboxylic acids is 2. The Morgan fingerprint density at radius 2 is 0.785 bits per heavy atom. The van der Waals surface area contributed by atoms with Gasteiger partial charge < -0.3 is 23.7 Å². The summed E-state index contributed by atoms with van der Waals surface area (Å²) < 4.78 is 19.0. The number of nitrogens with zero attached hydrogens (tertiary/aromatic N) is 4. The topological polar surface area (TPSA) is 74.8 Å². The lowest BCUT2D eigenvalue weighted by molar-refractivity contribution is -0.146. The standard InChI is InChI=1S/C69H140N4O5Si/c1-15-19-23-27-31-35-43-61(5)55-70(56-62(6)44-36-32-28-24-20-16-2)49-41-39-47-67(74)76-53-51-72-58-65(9)73(59-64(72)8)52-54-77-68(75)48-40-42-50-71(57-63(7)45-37-33-29-25-21-17-3)60-66(46-38-34-30-26-22-18-4)78-79(13,14)69(10,11)12/h61-66H,15-60H2,1-14H3. The third-order valence-electron chi connectivity index (χ3n) is 18.2. The molecule has 79 heavy (non-hydrogen) atoms. The molecular formula is C69H140N4O5Si. The van der Waals surface area contributed by atoms with Crippen LogP contribution in [0.25, 0.3) is 0 Å². The molecular weight excluding hydrogens is 993 g/mol. The molecule has 0 aromatic heterocycles. The van der Waals surface area contributed by atoms with Crippen molar-refractivity contribution in [3.05, 3.63) is 0 Å². The minimum absolute atomic E-state index is 0.0505. The molecule has 0 amide bonds. The number of esters is 2. The summed E-state index contributed by atoms with van der Waals surface area (Å²) in [7, 11) is -1.93. The summed E-state index contributed by atoms with van der Waals surface area (Å²) in [6.07, 6.45) is 42.5. The summed E-state index contributed by atoms with van der Waals surface area (Å²) in [5.74, 6) is 1.98. The van der Waals surface area contributed by atoms with Gasteiger partial charge in [0, 0.05) is 77.3 Å². The smallest absolute Gasteiger partial charge is 0.305 e. The van der Waals surface area contributed by atoms with E-state index in [9.17, 15) is 9.59 Å². The average Bonchev–Trinajstić information content (AvgIpc) is 3.40. The highest BCUT2D eigenvalue weighted by molar-refractivity contribution is 6.74. The van der Waals surface area contributed by atoms with Crippen molar-refractivity contribution in [2.24, 2.45) is 17.8 Å². The minimum atomic E-state index is -1.93. The number of carbonyl (C=O) groups is 2. The quantitative estimate of drug-likeness (QED) is 0.0336. The normalized spacial score (nSPS) is 17.4. The van der Waals surface area contributed by atoms with Crippen molar-refractivity contribution in [3.63, 3.8) is 0 Å². The molecule has 0 N–H and O–H groups in total. The third kappa shape index (κ3) is 40.8. The fraction of sp³-hybridized carbons (Fsp3) is 0.971. The molecule has 0 aromatic carbocycles. The van der Waals surface area contributed by atoms with Crippen LogP contribution in [0, 0.1) is 17.8 Å². The highest BCUT2D eigenvalue weighted by Crippen LogP contribution is 2.38. The largest absolute Gasteiger partial charge is 0.464 e. The maximum absolute atomic E-state index is 13.1. The second-order valence-corrected chi connectivity index (χ2v) is 32.4. The molecule has 1 saturated heterocycles. The van der Waals surface area contributed by atoms with E-state index in [0.717, 1.165) is 96.3 Å². The fourth-order valence-electron chi connectivity index (χ4n) is 12.0. The Balaban J connectivity index is 2.60. The van der Waals surface area contributed by atoms with Crippen LogP contribution in [0.4, 0.5) is 0 Å². The molecule has 0 radical (unpaired) electrons. The molecule has 0 aliphatic carbocycles. The van der Waals surface area contributed by atoms with Gasteiger partial charge in [-0.15, -0.1) is 0 Å². The molecule has 1 fully saturated rings. The lowest BCUT2D eigenvalue weighted by atomic mass is 9.98. The Bertz CT molecular complexity index is 1390. The number of ether oxygens (including phenoxy) is 2. The third-order valence-corrected chi connectivity index (χ3v) is 22.7. The van der Waals surface area contributed by atoms with Crippen LogP contribution in [0.1, 0.15) is 301 Å². The molecule has 0 spiro atoms. The van der Waals surface area contributed by atoms with Crippen LogP contribution in [-0.2, 0) is 23.5 Å². The Kier molecular flexibility index (Phi) is 46.4. The number of piperazine rings is 1. The van der Waals surface area contributed by atoms with Crippen molar-refractivity contribution in [2.45, 2.75) is 338 Å². The lowest BCUT2D eigenvalue weighted by Gasteiger charge is -2.44. The second kappa shape index (κ2) is 48.2. The Hall–Kier alpha value is -1.04. The molecule has 1 heterocycles. The maximum Gasteiger partial charge on any atom is 0.305 e. The summed E-state index contributed by atoms with van der Waals surface area (Å²) in [5.41, 5.74) is 0. The Morgan fingerprint density at radius 3 is 1.13 bits per heavy atom. The van der Waals surface area contributed by atoms with Crippen molar-refractivity contribution in [3.8, 4) is 0 Å². The second-order valence-electron chi connectivity index (χ2n) is 27.6. The van der Waals surface area contributed by atoms with Crippen LogP contribution >= 0.6 is 0 Å². The summed E-state index contributed by atoms with van der Waals surface area (Å²) >= 11 is 0. The Morgan fingerprint density at radius 1 is 0.468 bits per heavy atom. The van der Waals surface area contributed by atoms with Gasteiger partial charge >= 0.3 is 11.9 Å². The van der Waals surface area contributed by atoms with Crippen LogP contribution < -0.4 is 0 Å². The van der Waals surface area contributed by atoms with Gasteiger partial charge in [-0.1, -0.05) is 223 Å². The van der Waals surface area contributed by atoms with Crippen LogP contribution in [0.5, 0.6) is 0 Å². The number of unbranched alkanes of at least 4 members (excludes halogenated alkanes) is 22. The first kappa shape index (κ1) is 76.0. The summed E-state index contributed by atoms with van der Waals surface area (Å²) in [6, 6.07) is 0.688. The average molecular weight is 1130 g/mol. The molecule has 6 atom stereocenters. The zero-order chi connectivity index (χ0) is 58.6. The fourth-order valence-corrected chi connectivity index (χ4v) is 13.3. The zero-order valence-electron chi connectivity index (χ0n) is 55.8. The first-order chi connectivity index (χ1) is 37.8. The van der Waals surface area contributed by atoms with Gasteiger partial charge in [-0.25, -0.2) is 0 Å². The molecule has 6 unspecified atom stereocenters. The van der Waals surface area contributed by atoms with E-state index in [1.165, 1.54) is 186 Å². The molecule has 1 aliphatic rings. The SMILES string of the molecule is CCCCCCCCC(C)CN(CCCCC(=O)OCCN1CC(C)N(CCOC(=O)CCCCN(CC(C)CCCCCCCC)CC(CCCCCCCC)O[Si](C)(C)C(C)(C)C)CC1C)CC(C)CCCCCCCC. The van der Waals surface area contributed by atoms with Crippen molar-refractivity contribution < 1.29 is 23.5 Å². The number of rotatable bonds is 54. The van der Waals surface area contributed by atoms with Crippen molar-refractivity contribution in [1.82, 2.24) is 19.6 Å². The predicted octanol–water partition coefficient (Wildman–Crippen LogP) is 18.7. The predicted molar refractivity (Wildman–Crippen MR) is 346 cm³/mol. The maximum atomic E-state index is 13.1. The summed E-state index contributed by atoms with van der Waals surface area (Å²) in [5, 5.41) is 0.186. The highest BCUT2D eigenvalue weighted by Gasteiger charge is 2.39. The Labute approximate surface area is 495 Å². The van der Waals surface area contributed by atoms with E-state index < -0.39 is 8.32 Å². The molecule has 470 valence electrons. The molecule has 10 heteroatoms. The van der Waals surface area contributed by atoms with Crippen LogP contribution in [-0.4, -0.2) is 137 Å². The van der Waals surface area contributed by atoms with Gasteiger partial charge in [-0.05, 0) is 114 Å². The van der Waals surface area contributed by atoms with Gasteiger partial charge in [0.1, 0.15) is 13.2 Å². The van der Waals surface area contributed by atoms with E-state index in [-0.39, 0.29) is 23.1 Å². The first-order valence-corrected chi connectivity index (χ1v) is 37.7. The minimum Gasteiger partial charge on any atom is -0.464 e. The van der Waals surface area contributed by atoms with Gasteiger partial charge in [0.25, 0.3) is 0 Å². The van der Waals surface area contributed by atoms with E-state index in [1.807, 2.05) is 0 Å². The first-order valence-electron chi connectivity index (χ1n) is 34.8. The van der Waals surface area contributed by atoms with Crippen molar-refractivity contribution in [1.29, 1.82) is 0 Å². The monoisotopic (exact) mass is 1130 g/mol. The van der Waals surface area contributed by atoms with Crippen LogP contribution in [0.2, 0.25) is 18.1 Å². The van der Waals surface area contributed by atoms with Crippen LogP contribution in [0.3, 0.4) is 0 Å². The highest BCUT2D eigenvalue weighted by atomic mass is 28.4. The van der Waals surface area contributed by atoms with Gasteiger partial charge in [0.15, 0.2) is 8.32 Å². The van der Waals surface area contributed by atoms with E-state index in [0.29, 0.717) is 44.1 Å². The molecule has 0 aromatic rings. The van der Waals surface area contributed by atoms with Gasteiger partial charge in [-0.2, -0.15) is 0 Å². The van der Waals surface area contributed by atoms with E-state index >= 15 is 0 Å². The van der Waals surface area contributed by atoms with Crippen molar-refractivity contribution in [2.75, 3.05) is 78.7 Å². The summed E-state index contributed by atoms with van der Waals surface area (Å²) in [4.78, 5) is 36.5. The molecule has 0 saturated carbocycles. The molecule has 1 aliphatic heterocycles. The molecule has 9 nitrogen and oxygen atoms in total. The van der Waals surface area contributed by atoms with Gasteiger partial charge in [-0.3, -0.25) is 19.4 Å². The van der Waals surface area contributed by atoms with Crippen molar-refractivity contribution >= 4 is 20.3 Å². The summed E-state index contributed by atoms with van der Waals surface area (Å²) in [6.45, 7) is 43.9. The lowest BCUT2D eigenvalue weighted by Crippen LogP contribution is -2.57.